The molecule has 5 nitrogen and oxygen atoms in total. The lowest BCUT2D eigenvalue weighted by molar-refractivity contribution is 0.564. The Hall–Kier alpha value is -5.04. The molecule has 2 aromatic heterocycles. The van der Waals surface area contributed by atoms with E-state index in [1.807, 2.05) is 22.7 Å². The molecule has 7 aromatic rings. The van der Waals surface area contributed by atoms with E-state index in [1.165, 1.54) is 33.4 Å². The van der Waals surface area contributed by atoms with E-state index in [2.05, 4.69) is 103 Å². The number of hydrogen-bond donors (Lipinski definition) is 1. The van der Waals surface area contributed by atoms with Crippen LogP contribution >= 0.6 is 0 Å². The highest BCUT2D eigenvalue weighted by atomic mass is 32.2. The van der Waals surface area contributed by atoms with Gasteiger partial charge in [-0.15, -0.1) is 0 Å². The SMILES string of the molecule is O=S(O)c1ccc(-c2c(-c3ccc4c(c3)C(c3ccccc3)(c3ccccc3)c3ccccc3-4)nc3occn23)cc1. The van der Waals surface area contributed by atoms with Crippen LogP contribution in [0.5, 0.6) is 0 Å². The van der Waals surface area contributed by atoms with Gasteiger partial charge in [0.05, 0.1) is 16.0 Å². The quantitative estimate of drug-likeness (QED) is 0.214. The van der Waals surface area contributed by atoms with Crippen molar-refractivity contribution in [2.24, 2.45) is 0 Å². The highest BCUT2D eigenvalue weighted by Crippen LogP contribution is 2.56. The standard InChI is InChI=1S/C36H24N2O3S/c39-42(40)28-18-15-24(16-19-28)34-33(37-35-38(34)21-22-41-35)25-17-20-30-29-13-7-8-14-31(29)36(32(30)23-25,26-9-3-1-4-10-26)27-11-5-2-6-12-27/h1-23H,(H,39,40). The van der Waals surface area contributed by atoms with Crippen molar-refractivity contribution in [3.05, 3.63) is 162 Å². The molecule has 2 heterocycles. The number of hydrogen-bond acceptors (Lipinski definition) is 3. The summed E-state index contributed by atoms with van der Waals surface area (Å²) in [6, 6.07) is 43.8. The van der Waals surface area contributed by atoms with Gasteiger partial charge in [-0.3, -0.25) is 4.40 Å². The molecule has 0 bridgehead atoms. The van der Waals surface area contributed by atoms with Crippen molar-refractivity contribution in [2.75, 3.05) is 0 Å². The fraction of sp³-hybridized carbons (Fsp3) is 0.0278. The Kier molecular flexibility index (Phi) is 5.60. The first-order valence-electron chi connectivity index (χ1n) is 13.7. The first-order chi connectivity index (χ1) is 20.7. The molecule has 42 heavy (non-hydrogen) atoms. The zero-order valence-electron chi connectivity index (χ0n) is 22.3. The second-order valence-electron chi connectivity index (χ2n) is 10.4. The average molecular weight is 565 g/mol. The molecule has 0 saturated carbocycles. The normalized spacial score (nSPS) is 14.0. The molecule has 8 rings (SSSR count). The molecule has 0 saturated heterocycles. The van der Waals surface area contributed by atoms with Crippen LogP contribution in [0.2, 0.25) is 0 Å². The largest absolute Gasteiger partial charge is 0.432 e. The number of fused-ring (bicyclic) bond motifs is 4. The van der Waals surface area contributed by atoms with Crippen molar-refractivity contribution in [3.8, 4) is 33.6 Å². The molecule has 0 fully saturated rings. The molecule has 1 aliphatic carbocycles. The summed E-state index contributed by atoms with van der Waals surface area (Å²) in [6.45, 7) is 0. The van der Waals surface area contributed by atoms with E-state index >= 15 is 0 Å². The Labute approximate surface area is 245 Å². The van der Waals surface area contributed by atoms with E-state index < -0.39 is 16.5 Å². The van der Waals surface area contributed by atoms with Gasteiger partial charge in [-0.25, -0.2) is 4.21 Å². The fourth-order valence-electron chi connectivity index (χ4n) is 6.58. The minimum absolute atomic E-state index is 0.346. The van der Waals surface area contributed by atoms with Crippen LogP contribution in [0.15, 0.2) is 149 Å². The highest BCUT2D eigenvalue weighted by molar-refractivity contribution is 7.79. The van der Waals surface area contributed by atoms with E-state index in [9.17, 15) is 8.76 Å². The van der Waals surface area contributed by atoms with E-state index in [1.54, 1.807) is 18.4 Å². The Morgan fingerprint density at radius 2 is 1.31 bits per heavy atom. The molecule has 1 atom stereocenters. The van der Waals surface area contributed by atoms with Crippen LogP contribution in [0.1, 0.15) is 22.3 Å². The van der Waals surface area contributed by atoms with Gasteiger partial charge in [0.15, 0.2) is 11.1 Å². The van der Waals surface area contributed by atoms with E-state index in [0.717, 1.165) is 22.5 Å². The molecule has 0 radical (unpaired) electrons. The molecule has 6 heteroatoms. The van der Waals surface area contributed by atoms with Crippen LogP contribution < -0.4 is 0 Å². The van der Waals surface area contributed by atoms with Crippen molar-refractivity contribution < 1.29 is 13.2 Å². The Morgan fingerprint density at radius 3 is 2.00 bits per heavy atom. The van der Waals surface area contributed by atoms with E-state index in [4.69, 9.17) is 9.40 Å². The Morgan fingerprint density at radius 1 is 0.690 bits per heavy atom. The smallest absolute Gasteiger partial charge is 0.306 e. The minimum Gasteiger partial charge on any atom is -0.432 e. The molecular weight excluding hydrogens is 540 g/mol. The maximum Gasteiger partial charge on any atom is 0.306 e. The Bertz CT molecular complexity index is 2070. The number of oxazole rings is 1. The summed E-state index contributed by atoms with van der Waals surface area (Å²) < 4.78 is 28.8. The lowest BCUT2D eigenvalue weighted by atomic mass is 9.67. The second kappa shape index (κ2) is 9.52. The highest BCUT2D eigenvalue weighted by Gasteiger charge is 2.46. The summed E-state index contributed by atoms with van der Waals surface area (Å²) in [7, 11) is 0. The number of aromatic nitrogens is 2. The number of nitrogens with zero attached hydrogens (tertiary/aromatic N) is 2. The molecular formula is C36H24N2O3S. The molecule has 1 N–H and O–H groups in total. The van der Waals surface area contributed by atoms with Gasteiger partial charge in [0.1, 0.15) is 12.0 Å². The van der Waals surface area contributed by atoms with E-state index in [-0.39, 0.29) is 0 Å². The summed E-state index contributed by atoms with van der Waals surface area (Å²) in [4.78, 5) is 5.28. The maximum absolute atomic E-state index is 11.6. The summed E-state index contributed by atoms with van der Waals surface area (Å²) in [5.41, 5.74) is 10.2. The van der Waals surface area contributed by atoms with Gasteiger partial charge in [-0.1, -0.05) is 109 Å². The van der Waals surface area contributed by atoms with Gasteiger partial charge in [0.2, 0.25) is 0 Å². The predicted octanol–water partition coefficient (Wildman–Crippen LogP) is 8.21. The average Bonchev–Trinajstić information content (AvgIpc) is 3.72. The summed E-state index contributed by atoms with van der Waals surface area (Å²) >= 11 is -2.05. The summed E-state index contributed by atoms with van der Waals surface area (Å²) in [5, 5.41) is 0. The minimum atomic E-state index is -2.05. The monoisotopic (exact) mass is 564 g/mol. The Balaban J connectivity index is 1.42. The van der Waals surface area contributed by atoms with Crippen LogP contribution in [0, 0.1) is 0 Å². The number of benzene rings is 5. The van der Waals surface area contributed by atoms with E-state index in [0.29, 0.717) is 10.7 Å². The third-order valence-electron chi connectivity index (χ3n) is 8.32. The van der Waals surface area contributed by atoms with Gasteiger partial charge in [-0.05, 0) is 51.6 Å². The van der Waals surface area contributed by atoms with Crippen molar-refractivity contribution in [3.63, 3.8) is 0 Å². The first-order valence-corrected chi connectivity index (χ1v) is 14.8. The third kappa shape index (κ3) is 3.52. The lowest BCUT2D eigenvalue weighted by Gasteiger charge is -2.34. The van der Waals surface area contributed by atoms with Crippen molar-refractivity contribution in [1.29, 1.82) is 0 Å². The molecule has 202 valence electrons. The van der Waals surface area contributed by atoms with Crippen LogP contribution in [-0.2, 0) is 16.5 Å². The topological polar surface area (TPSA) is 67.7 Å². The van der Waals surface area contributed by atoms with Crippen molar-refractivity contribution >= 4 is 16.9 Å². The number of rotatable bonds is 5. The molecule has 1 aliphatic rings. The third-order valence-corrected chi connectivity index (χ3v) is 9.00. The van der Waals surface area contributed by atoms with Crippen molar-refractivity contribution in [2.45, 2.75) is 10.3 Å². The van der Waals surface area contributed by atoms with Crippen molar-refractivity contribution in [1.82, 2.24) is 9.38 Å². The predicted molar refractivity (Wildman–Crippen MR) is 165 cm³/mol. The first kappa shape index (κ1) is 24.7. The van der Waals surface area contributed by atoms with Crippen LogP contribution in [-0.4, -0.2) is 18.1 Å². The number of imidazole rings is 1. The van der Waals surface area contributed by atoms with Crippen LogP contribution in [0.25, 0.3) is 39.5 Å². The van der Waals surface area contributed by atoms with Gasteiger partial charge in [0.25, 0.3) is 0 Å². The molecule has 0 aliphatic heterocycles. The van der Waals surface area contributed by atoms with Gasteiger partial charge >= 0.3 is 5.84 Å². The van der Waals surface area contributed by atoms with Crippen LogP contribution in [0.4, 0.5) is 0 Å². The molecule has 5 aromatic carbocycles. The molecule has 1 unspecified atom stereocenters. The van der Waals surface area contributed by atoms with Gasteiger partial charge in [0, 0.05) is 17.3 Å². The van der Waals surface area contributed by atoms with Gasteiger partial charge in [-0.2, -0.15) is 4.98 Å². The zero-order valence-corrected chi connectivity index (χ0v) is 23.2. The molecule has 0 spiro atoms. The maximum atomic E-state index is 11.6. The van der Waals surface area contributed by atoms with Gasteiger partial charge < -0.3 is 8.97 Å². The zero-order chi connectivity index (χ0) is 28.3. The summed E-state index contributed by atoms with van der Waals surface area (Å²) in [5.74, 6) is 0.482. The second-order valence-corrected chi connectivity index (χ2v) is 11.4. The lowest BCUT2D eigenvalue weighted by Crippen LogP contribution is -2.28. The summed E-state index contributed by atoms with van der Waals surface area (Å²) in [6.07, 6.45) is 3.46. The van der Waals surface area contributed by atoms with Crippen LogP contribution in [0.3, 0.4) is 0 Å². The fourth-order valence-corrected chi connectivity index (χ4v) is 6.95. The molecule has 0 amide bonds.